The van der Waals surface area contributed by atoms with E-state index in [1.807, 2.05) is 71.3 Å². The van der Waals surface area contributed by atoms with Gasteiger partial charge in [-0.05, 0) is 60.5 Å². The van der Waals surface area contributed by atoms with Crippen LogP contribution in [0.2, 0.25) is 5.02 Å². The Balaban J connectivity index is 1.49. The number of hydrogen-bond acceptors (Lipinski definition) is 5. The number of thioether (sulfide) groups is 1. The Morgan fingerprint density at radius 2 is 1.73 bits per heavy atom. The number of methoxy groups -OCH3 is 1. The van der Waals surface area contributed by atoms with E-state index in [-0.39, 0.29) is 11.7 Å². The minimum absolute atomic E-state index is 0.0479. The lowest BCUT2D eigenvalue weighted by Gasteiger charge is -2.11. The molecule has 1 aromatic heterocycles. The van der Waals surface area contributed by atoms with E-state index in [0.29, 0.717) is 22.5 Å². The average Bonchev–Trinajstić information content (AvgIpc) is 3.28. The van der Waals surface area contributed by atoms with Crippen LogP contribution in [-0.4, -0.2) is 40.1 Å². The van der Waals surface area contributed by atoms with Gasteiger partial charge in [0.2, 0.25) is 5.91 Å². The highest BCUT2D eigenvalue weighted by Crippen LogP contribution is 2.29. The summed E-state index contributed by atoms with van der Waals surface area (Å²) in [5.74, 6) is 1.62. The molecule has 33 heavy (non-hydrogen) atoms. The van der Waals surface area contributed by atoms with Crippen LogP contribution in [0, 0.1) is 0 Å². The number of halogens is 1. The Morgan fingerprint density at radius 3 is 2.42 bits per heavy atom. The molecule has 0 unspecified atom stereocenters. The van der Waals surface area contributed by atoms with Crippen molar-refractivity contribution in [2.24, 2.45) is 0 Å². The van der Waals surface area contributed by atoms with Crippen LogP contribution in [0.15, 0.2) is 84.0 Å². The molecule has 3 aromatic carbocycles. The maximum Gasteiger partial charge on any atom is 0.230 e. The van der Waals surface area contributed by atoms with Crippen LogP contribution in [-0.2, 0) is 11.2 Å². The Bertz CT molecular complexity index is 1200. The van der Waals surface area contributed by atoms with E-state index in [0.717, 1.165) is 23.4 Å². The molecule has 0 saturated heterocycles. The fourth-order valence-corrected chi connectivity index (χ4v) is 4.19. The summed E-state index contributed by atoms with van der Waals surface area (Å²) in [6, 6.07) is 25.1. The maximum absolute atomic E-state index is 12.4. The molecule has 8 heteroatoms. The molecular weight excluding hydrogens is 456 g/mol. The van der Waals surface area contributed by atoms with Gasteiger partial charge >= 0.3 is 0 Å². The fourth-order valence-electron chi connectivity index (χ4n) is 3.29. The van der Waals surface area contributed by atoms with Gasteiger partial charge in [-0.1, -0.05) is 53.7 Å². The number of nitrogens with zero attached hydrogens (tertiary/aromatic N) is 3. The molecule has 0 fully saturated rings. The molecule has 4 aromatic rings. The van der Waals surface area contributed by atoms with Crippen LogP contribution in [0.3, 0.4) is 0 Å². The van der Waals surface area contributed by atoms with Gasteiger partial charge in [-0.3, -0.25) is 9.36 Å². The van der Waals surface area contributed by atoms with E-state index in [9.17, 15) is 4.79 Å². The van der Waals surface area contributed by atoms with Crippen LogP contribution >= 0.6 is 23.4 Å². The third-order valence-corrected chi connectivity index (χ3v) is 6.16. The van der Waals surface area contributed by atoms with E-state index in [1.165, 1.54) is 17.3 Å². The van der Waals surface area contributed by atoms with Crippen molar-refractivity contribution >= 4 is 29.3 Å². The van der Waals surface area contributed by atoms with Crippen LogP contribution in [0.4, 0.5) is 0 Å². The number of nitrogens with one attached hydrogen (secondary N) is 1. The number of carbonyl (C=O) groups excluding carboxylic acids is 1. The largest absolute Gasteiger partial charge is 0.497 e. The molecule has 0 atom stereocenters. The molecule has 0 bridgehead atoms. The fraction of sp³-hybridized carbons (Fsp3) is 0.160. The summed E-state index contributed by atoms with van der Waals surface area (Å²) >= 11 is 7.40. The Hall–Kier alpha value is -3.29. The first-order valence-corrected chi connectivity index (χ1v) is 11.8. The summed E-state index contributed by atoms with van der Waals surface area (Å²) in [6.07, 6.45) is 0.792. The van der Waals surface area contributed by atoms with Crippen LogP contribution < -0.4 is 10.1 Å². The average molecular weight is 479 g/mol. The molecule has 4 rings (SSSR count). The molecule has 0 saturated carbocycles. The molecule has 0 aliphatic carbocycles. The second-order valence-corrected chi connectivity index (χ2v) is 8.60. The Morgan fingerprint density at radius 1 is 1.00 bits per heavy atom. The first-order valence-electron chi connectivity index (χ1n) is 10.4. The molecule has 0 aliphatic heterocycles. The molecule has 1 heterocycles. The standard InChI is InChI=1S/C25H23ClN4O2S/c1-32-22-13-11-21(12-14-22)30-24(19-7-9-20(26)10-8-19)28-29-25(30)33-17-23(31)27-16-15-18-5-3-2-4-6-18/h2-14H,15-17H2,1H3,(H,27,31). The first-order chi connectivity index (χ1) is 16.1. The van der Waals surface area contributed by atoms with E-state index >= 15 is 0 Å². The highest BCUT2D eigenvalue weighted by molar-refractivity contribution is 7.99. The van der Waals surface area contributed by atoms with Crippen molar-refractivity contribution in [3.63, 3.8) is 0 Å². The van der Waals surface area contributed by atoms with Crippen molar-refractivity contribution in [3.8, 4) is 22.8 Å². The number of aromatic nitrogens is 3. The zero-order valence-corrected chi connectivity index (χ0v) is 19.6. The van der Waals surface area contributed by atoms with Gasteiger partial charge in [0.05, 0.1) is 12.9 Å². The van der Waals surface area contributed by atoms with Gasteiger partial charge < -0.3 is 10.1 Å². The van der Waals surface area contributed by atoms with Gasteiger partial charge in [0.25, 0.3) is 0 Å². The summed E-state index contributed by atoms with van der Waals surface area (Å²) in [7, 11) is 1.63. The first kappa shape index (κ1) is 22.9. The van der Waals surface area contributed by atoms with Crippen molar-refractivity contribution in [2.45, 2.75) is 11.6 Å². The third-order valence-electron chi connectivity index (χ3n) is 4.98. The number of amides is 1. The lowest BCUT2D eigenvalue weighted by Crippen LogP contribution is -2.27. The summed E-state index contributed by atoms with van der Waals surface area (Å²) in [4.78, 5) is 12.4. The van der Waals surface area contributed by atoms with Crippen molar-refractivity contribution < 1.29 is 9.53 Å². The minimum atomic E-state index is -0.0479. The summed E-state index contributed by atoms with van der Waals surface area (Å²) in [5.41, 5.74) is 2.94. The van der Waals surface area contributed by atoms with E-state index in [1.54, 1.807) is 7.11 Å². The summed E-state index contributed by atoms with van der Waals surface area (Å²) < 4.78 is 7.22. The molecule has 0 spiro atoms. The van der Waals surface area contributed by atoms with E-state index < -0.39 is 0 Å². The van der Waals surface area contributed by atoms with E-state index in [4.69, 9.17) is 16.3 Å². The molecular formula is C25H23ClN4O2S. The predicted octanol–water partition coefficient (Wildman–Crippen LogP) is 5.05. The number of hydrogen-bond donors (Lipinski definition) is 1. The summed E-state index contributed by atoms with van der Waals surface area (Å²) in [6.45, 7) is 0.588. The van der Waals surface area contributed by atoms with Crippen molar-refractivity contribution in [2.75, 3.05) is 19.4 Å². The Labute approximate surface area is 202 Å². The van der Waals surface area contributed by atoms with Gasteiger partial charge in [0, 0.05) is 22.8 Å². The van der Waals surface area contributed by atoms with Gasteiger partial charge in [-0.25, -0.2) is 0 Å². The highest BCUT2D eigenvalue weighted by Gasteiger charge is 2.17. The van der Waals surface area contributed by atoms with Crippen molar-refractivity contribution in [3.05, 3.63) is 89.4 Å². The smallest absolute Gasteiger partial charge is 0.230 e. The lowest BCUT2D eigenvalue weighted by atomic mass is 10.1. The SMILES string of the molecule is COc1ccc(-n2c(SCC(=O)NCCc3ccccc3)nnc2-c2ccc(Cl)cc2)cc1. The van der Waals surface area contributed by atoms with E-state index in [2.05, 4.69) is 27.6 Å². The second-order valence-electron chi connectivity index (χ2n) is 7.22. The number of benzene rings is 3. The van der Waals surface area contributed by atoms with Gasteiger partial charge in [0.15, 0.2) is 11.0 Å². The Kier molecular flexibility index (Phi) is 7.65. The molecule has 0 aliphatic rings. The van der Waals surface area contributed by atoms with Gasteiger partial charge in [0.1, 0.15) is 5.75 Å². The molecule has 6 nitrogen and oxygen atoms in total. The topological polar surface area (TPSA) is 69.0 Å². The van der Waals surface area contributed by atoms with Gasteiger partial charge in [-0.15, -0.1) is 10.2 Å². The third kappa shape index (κ3) is 5.94. The van der Waals surface area contributed by atoms with Crippen LogP contribution in [0.5, 0.6) is 5.75 Å². The maximum atomic E-state index is 12.4. The second kappa shape index (κ2) is 11.0. The minimum Gasteiger partial charge on any atom is -0.497 e. The molecule has 1 amide bonds. The summed E-state index contributed by atoms with van der Waals surface area (Å²) in [5, 5.41) is 13.0. The number of rotatable bonds is 9. The number of carbonyl (C=O) groups is 1. The molecule has 0 radical (unpaired) electrons. The molecule has 1 N–H and O–H groups in total. The normalized spacial score (nSPS) is 10.7. The lowest BCUT2D eigenvalue weighted by molar-refractivity contribution is -0.118. The van der Waals surface area contributed by atoms with Crippen LogP contribution in [0.25, 0.3) is 17.1 Å². The van der Waals surface area contributed by atoms with Gasteiger partial charge in [-0.2, -0.15) is 0 Å². The monoisotopic (exact) mass is 478 g/mol. The number of ether oxygens (including phenoxy) is 1. The zero-order valence-electron chi connectivity index (χ0n) is 18.1. The molecule has 168 valence electrons. The van der Waals surface area contributed by atoms with Crippen molar-refractivity contribution in [1.82, 2.24) is 20.1 Å². The van der Waals surface area contributed by atoms with Crippen molar-refractivity contribution in [1.29, 1.82) is 0 Å². The predicted molar refractivity (Wildman–Crippen MR) is 132 cm³/mol. The quantitative estimate of drug-likeness (QED) is 0.341. The zero-order chi connectivity index (χ0) is 23.0. The highest BCUT2D eigenvalue weighted by atomic mass is 35.5. The van der Waals surface area contributed by atoms with Crippen LogP contribution in [0.1, 0.15) is 5.56 Å².